The van der Waals surface area contributed by atoms with E-state index in [9.17, 15) is 18.4 Å². The molecule has 0 N–H and O–H groups in total. The summed E-state index contributed by atoms with van der Waals surface area (Å²) in [6, 6.07) is 3.37. The highest BCUT2D eigenvalue weighted by molar-refractivity contribution is 5.83. The second-order valence-electron chi connectivity index (χ2n) is 8.20. The van der Waals surface area contributed by atoms with E-state index in [0.717, 1.165) is 12.8 Å². The maximum atomic E-state index is 12.7. The molecule has 3 rings (SSSR count). The highest BCUT2D eigenvalue weighted by atomic mass is 19.3. The van der Waals surface area contributed by atoms with Gasteiger partial charge in [0.2, 0.25) is 5.91 Å². The van der Waals surface area contributed by atoms with Gasteiger partial charge < -0.3 is 4.74 Å². The molecule has 2 heterocycles. The van der Waals surface area contributed by atoms with Crippen LogP contribution in [-0.4, -0.2) is 49.4 Å². The van der Waals surface area contributed by atoms with Crippen LogP contribution in [0.2, 0.25) is 0 Å². The SMILES string of the molecule is CN(C(=O)C1CC1)N(Cc1ccc(-c2cnn(C(F)F)c2)cn1)C(=O)OC(C)(C)C. The van der Waals surface area contributed by atoms with Crippen molar-refractivity contribution in [3.05, 3.63) is 36.4 Å². The minimum absolute atomic E-state index is 0.0282. The molecular formula is C20H25F2N5O3. The van der Waals surface area contributed by atoms with Crippen LogP contribution in [0.25, 0.3) is 11.1 Å². The first-order valence-electron chi connectivity index (χ1n) is 9.61. The fraction of sp³-hybridized carbons (Fsp3) is 0.500. The van der Waals surface area contributed by atoms with Gasteiger partial charge in [0.25, 0.3) is 0 Å². The van der Waals surface area contributed by atoms with E-state index in [2.05, 4.69) is 10.1 Å². The van der Waals surface area contributed by atoms with Crippen molar-refractivity contribution in [2.24, 2.45) is 5.92 Å². The highest BCUT2D eigenvalue weighted by Crippen LogP contribution is 2.31. The Morgan fingerprint density at radius 2 is 1.93 bits per heavy atom. The Morgan fingerprint density at radius 1 is 1.23 bits per heavy atom. The fourth-order valence-corrected chi connectivity index (χ4v) is 2.76. The first kappa shape index (κ1) is 21.7. The molecule has 1 fully saturated rings. The number of carbonyl (C=O) groups excluding carboxylic acids is 2. The minimum Gasteiger partial charge on any atom is -0.442 e. The number of alkyl halides is 2. The molecule has 2 amide bonds. The zero-order valence-corrected chi connectivity index (χ0v) is 17.4. The molecule has 2 aromatic rings. The average Bonchev–Trinajstić information content (AvgIpc) is 3.40. The molecule has 10 heteroatoms. The van der Waals surface area contributed by atoms with Crippen LogP contribution < -0.4 is 0 Å². The van der Waals surface area contributed by atoms with Crippen LogP contribution >= 0.6 is 0 Å². The molecule has 0 radical (unpaired) electrons. The number of hydrazine groups is 1. The number of rotatable bonds is 5. The summed E-state index contributed by atoms with van der Waals surface area (Å²) in [6.07, 6.45) is 5.05. The van der Waals surface area contributed by atoms with Gasteiger partial charge in [-0.3, -0.25) is 14.8 Å². The standard InChI is InChI=1S/C20H25F2N5O3/c1-20(2,3)30-19(29)27(25(4)17(28)13-5-6-13)12-16-8-7-14(9-23-16)15-10-24-26(11-15)18(21)22/h7-11,13,18H,5-6,12H2,1-4H3. The van der Waals surface area contributed by atoms with Crippen molar-refractivity contribution in [2.45, 2.75) is 52.3 Å². The number of hydrogen-bond acceptors (Lipinski definition) is 5. The van der Waals surface area contributed by atoms with Gasteiger partial charge in [-0.1, -0.05) is 6.07 Å². The van der Waals surface area contributed by atoms with Gasteiger partial charge in [-0.2, -0.15) is 13.9 Å². The maximum absolute atomic E-state index is 12.7. The fourth-order valence-electron chi connectivity index (χ4n) is 2.76. The van der Waals surface area contributed by atoms with Crippen molar-refractivity contribution in [3.8, 4) is 11.1 Å². The van der Waals surface area contributed by atoms with Crippen LogP contribution in [0.5, 0.6) is 0 Å². The lowest BCUT2D eigenvalue weighted by Crippen LogP contribution is -2.49. The third kappa shape index (κ3) is 5.31. The first-order valence-corrected chi connectivity index (χ1v) is 9.61. The van der Waals surface area contributed by atoms with Crippen LogP contribution in [0.4, 0.5) is 13.6 Å². The zero-order valence-electron chi connectivity index (χ0n) is 17.4. The molecule has 0 unspecified atom stereocenters. The maximum Gasteiger partial charge on any atom is 0.429 e. The van der Waals surface area contributed by atoms with Gasteiger partial charge >= 0.3 is 12.6 Å². The van der Waals surface area contributed by atoms with Gasteiger partial charge in [0.1, 0.15) is 5.60 Å². The summed E-state index contributed by atoms with van der Waals surface area (Å²) in [5, 5.41) is 6.12. The van der Waals surface area contributed by atoms with Crippen molar-refractivity contribution in [1.82, 2.24) is 24.8 Å². The monoisotopic (exact) mass is 421 g/mol. The number of aromatic nitrogens is 3. The van der Waals surface area contributed by atoms with E-state index in [1.54, 1.807) is 32.9 Å². The quantitative estimate of drug-likeness (QED) is 0.685. The summed E-state index contributed by atoms with van der Waals surface area (Å²) in [7, 11) is 1.54. The van der Waals surface area contributed by atoms with Crippen molar-refractivity contribution in [1.29, 1.82) is 0 Å². The van der Waals surface area contributed by atoms with E-state index < -0.39 is 18.2 Å². The lowest BCUT2D eigenvalue weighted by Gasteiger charge is -2.33. The number of nitrogens with zero attached hydrogens (tertiary/aromatic N) is 5. The lowest BCUT2D eigenvalue weighted by atomic mass is 10.1. The van der Waals surface area contributed by atoms with E-state index >= 15 is 0 Å². The third-order valence-corrected chi connectivity index (χ3v) is 4.48. The van der Waals surface area contributed by atoms with E-state index in [-0.39, 0.29) is 18.4 Å². The molecule has 30 heavy (non-hydrogen) atoms. The summed E-state index contributed by atoms with van der Waals surface area (Å²) in [5.41, 5.74) is 0.901. The zero-order chi connectivity index (χ0) is 22.1. The Bertz CT molecular complexity index is 904. The Kier molecular flexibility index (Phi) is 6.04. The first-order chi connectivity index (χ1) is 14.0. The largest absolute Gasteiger partial charge is 0.442 e. The van der Waals surface area contributed by atoms with Crippen molar-refractivity contribution < 1.29 is 23.1 Å². The van der Waals surface area contributed by atoms with Crippen LogP contribution in [0.3, 0.4) is 0 Å². The smallest absolute Gasteiger partial charge is 0.429 e. The topological polar surface area (TPSA) is 80.6 Å². The van der Waals surface area contributed by atoms with Gasteiger partial charge in [0.05, 0.1) is 18.4 Å². The summed E-state index contributed by atoms with van der Waals surface area (Å²) < 4.78 is 31.4. The number of halogens is 2. The number of carbonyl (C=O) groups is 2. The van der Waals surface area contributed by atoms with Crippen LogP contribution in [-0.2, 0) is 16.1 Å². The molecule has 0 spiro atoms. The van der Waals surface area contributed by atoms with Gasteiger partial charge in [-0.25, -0.2) is 14.5 Å². The Balaban J connectivity index is 1.77. The van der Waals surface area contributed by atoms with Gasteiger partial charge in [-0.05, 0) is 39.7 Å². The second-order valence-corrected chi connectivity index (χ2v) is 8.20. The molecule has 0 aliphatic heterocycles. The van der Waals surface area contributed by atoms with Gasteiger partial charge in [0.15, 0.2) is 0 Å². The molecule has 2 aromatic heterocycles. The van der Waals surface area contributed by atoms with Crippen molar-refractivity contribution in [2.75, 3.05) is 7.05 Å². The van der Waals surface area contributed by atoms with Crippen LogP contribution in [0, 0.1) is 5.92 Å². The molecule has 1 saturated carbocycles. The summed E-state index contributed by atoms with van der Waals surface area (Å²) in [6.45, 7) is 2.56. The normalized spacial score (nSPS) is 14.0. The van der Waals surface area contributed by atoms with E-state index in [1.165, 1.54) is 35.7 Å². The number of pyridine rings is 1. The number of hydrogen-bond donors (Lipinski definition) is 0. The van der Waals surface area contributed by atoms with Gasteiger partial charge in [0, 0.05) is 36.5 Å². The Morgan fingerprint density at radius 3 is 2.43 bits per heavy atom. The predicted octanol–water partition coefficient (Wildman–Crippen LogP) is 3.86. The molecular weight excluding hydrogens is 396 g/mol. The molecule has 0 bridgehead atoms. The lowest BCUT2D eigenvalue weighted by molar-refractivity contribution is -0.147. The summed E-state index contributed by atoms with van der Waals surface area (Å²) in [4.78, 5) is 29.5. The third-order valence-electron chi connectivity index (χ3n) is 4.48. The molecule has 162 valence electrons. The van der Waals surface area contributed by atoms with Crippen LogP contribution in [0.15, 0.2) is 30.7 Å². The van der Waals surface area contributed by atoms with Gasteiger partial charge in [-0.15, -0.1) is 0 Å². The number of amides is 2. The minimum atomic E-state index is -2.71. The van der Waals surface area contributed by atoms with E-state index in [1.807, 2.05) is 0 Å². The summed E-state index contributed by atoms with van der Waals surface area (Å²) in [5.74, 6) is -0.210. The highest BCUT2D eigenvalue weighted by Gasteiger charge is 2.37. The van der Waals surface area contributed by atoms with Crippen molar-refractivity contribution >= 4 is 12.0 Å². The molecule has 1 aliphatic rings. The van der Waals surface area contributed by atoms with Crippen molar-refractivity contribution in [3.63, 3.8) is 0 Å². The second kappa shape index (κ2) is 8.37. The van der Waals surface area contributed by atoms with E-state index in [0.29, 0.717) is 21.5 Å². The Labute approximate surface area is 173 Å². The molecule has 0 aromatic carbocycles. The molecule has 0 saturated heterocycles. The van der Waals surface area contributed by atoms with Crippen LogP contribution in [0.1, 0.15) is 45.9 Å². The number of ether oxygens (including phenoxy) is 1. The Hall–Kier alpha value is -3.04. The van der Waals surface area contributed by atoms with E-state index in [4.69, 9.17) is 4.74 Å². The average molecular weight is 421 g/mol. The predicted molar refractivity (Wildman–Crippen MR) is 104 cm³/mol. The molecule has 0 atom stereocenters. The summed E-state index contributed by atoms with van der Waals surface area (Å²) >= 11 is 0. The molecule has 1 aliphatic carbocycles. The molecule has 8 nitrogen and oxygen atoms in total.